The summed E-state index contributed by atoms with van der Waals surface area (Å²) in [6.07, 6.45) is 3.60. The number of halogens is 1. The highest BCUT2D eigenvalue weighted by Gasteiger charge is 2.23. The number of likely N-dealkylation sites (tertiary alicyclic amines) is 1. The zero-order valence-corrected chi connectivity index (χ0v) is 24.6. The van der Waals surface area contributed by atoms with E-state index in [4.69, 9.17) is 31.5 Å². The summed E-state index contributed by atoms with van der Waals surface area (Å²) < 4.78 is 19.1. The number of benzene rings is 2. The molecule has 5 rings (SSSR count). The number of thiophene rings is 1. The zero-order valence-electron chi connectivity index (χ0n) is 23.1. The van der Waals surface area contributed by atoms with Gasteiger partial charge in [-0.25, -0.2) is 4.98 Å². The summed E-state index contributed by atoms with van der Waals surface area (Å²) in [5.74, 6) is 1.60. The van der Waals surface area contributed by atoms with Crippen LogP contribution in [0.3, 0.4) is 0 Å². The van der Waals surface area contributed by atoms with Gasteiger partial charge in [-0.1, -0.05) is 23.7 Å². The van der Waals surface area contributed by atoms with Crippen molar-refractivity contribution in [1.82, 2.24) is 14.5 Å². The number of anilines is 1. The summed E-state index contributed by atoms with van der Waals surface area (Å²) >= 11 is 8.08. The maximum absolute atomic E-state index is 12.4. The van der Waals surface area contributed by atoms with E-state index < -0.39 is 12.0 Å². The number of methoxy groups -OCH3 is 2. The van der Waals surface area contributed by atoms with E-state index in [1.54, 1.807) is 26.6 Å². The minimum atomic E-state index is -0.568. The third-order valence-electron chi connectivity index (χ3n) is 7.39. The summed E-state index contributed by atoms with van der Waals surface area (Å²) in [7, 11) is 5.33. The normalized spacial score (nSPS) is 15.2. The predicted molar refractivity (Wildman–Crippen MR) is 160 cm³/mol. The molecule has 3 N–H and O–H groups in total. The monoisotopic (exact) mass is 583 g/mol. The molecule has 1 fully saturated rings. The standard InChI is InChI=1S/C29H34ClN5O4S/c1-17(19-6-5-7-20(27(19)30)32-15-18-8-10-34(2)11-9-18)39-25-14-26(40-28(25)29(31)36)35-16-33-21-12-23(37-3)24(38-4)13-22(21)35/h5-7,12-14,16-18,32H,8-11,15H2,1-4H3,(H2,31,36). The van der Waals surface area contributed by atoms with Crippen LogP contribution in [0.25, 0.3) is 16.0 Å². The molecule has 2 aromatic carbocycles. The number of rotatable bonds is 10. The minimum Gasteiger partial charge on any atom is -0.493 e. The molecule has 40 heavy (non-hydrogen) atoms. The fraction of sp³-hybridized carbons (Fsp3) is 0.379. The lowest BCUT2D eigenvalue weighted by molar-refractivity contribution is 0.0998. The minimum absolute atomic E-state index is 0.317. The van der Waals surface area contributed by atoms with Crippen LogP contribution >= 0.6 is 22.9 Å². The number of amides is 1. The van der Waals surface area contributed by atoms with E-state index in [-0.39, 0.29) is 0 Å². The number of nitrogens with two attached hydrogens (primary N) is 1. The van der Waals surface area contributed by atoms with Crippen LogP contribution in [-0.4, -0.2) is 61.3 Å². The van der Waals surface area contributed by atoms with Gasteiger partial charge in [-0.15, -0.1) is 11.3 Å². The number of fused-ring (bicyclic) bond motifs is 1. The van der Waals surface area contributed by atoms with Crippen LogP contribution in [0.4, 0.5) is 5.69 Å². The van der Waals surface area contributed by atoms with E-state index in [9.17, 15) is 4.79 Å². The molecule has 0 aliphatic carbocycles. The fourth-order valence-corrected chi connectivity index (χ4v) is 6.30. The molecule has 1 unspecified atom stereocenters. The van der Waals surface area contributed by atoms with Crippen LogP contribution in [0.5, 0.6) is 17.2 Å². The number of primary amides is 1. The Labute approximate surface area is 242 Å². The van der Waals surface area contributed by atoms with Crippen LogP contribution in [0.15, 0.2) is 42.7 Å². The van der Waals surface area contributed by atoms with E-state index in [0.717, 1.165) is 46.9 Å². The van der Waals surface area contributed by atoms with Crippen molar-refractivity contribution in [3.63, 3.8) is 0 Å². The molecule has 4 aromatic rings. The van der Waals surface area contributed by atoms with Crippen LogP contribution in [0, 0.1) is 5.92 Å². The lowest BCUT2D eigenvalue weighted by atomic mass is 9.97. The van der Waals surface area contributed by atoms with E-state index >= 15 is 0 Å². The van der Waals surface area contributed by atoms with Crippen LogP contribution < -0.4 is 25.3 Å². The number of nitrogens with zero attached hydrogens (tertiary/aromatic N) is 3. The van der Waals surface area contributed by atoms with E-state index in [1.807, 2.05) is 41.8 Å². The van der Waals surface area contributed by atoms with Crippen LogP contribution in [0.1, 0.15) is 41.1 Å². The molecule has 212 valence electrons. The first-order valence-corrected chi connectivity index (χ1v) is 14.4. The Kier molecular flexibility index (Phi) is 8.39. The summed E-state index contributed by atoms with van der Waals surface area (Å²) in [6, 6.07) is 11.3. The molecule has 1 saturated heterocycles. The van der Waals surface area contributed by atoms with Gasteiger partial charge in [0.1, 0.15) is 28.1 Å². The highest BCUT2D eigenvalue weighted by Crippen LogP contribution is 2.39. The largest absolute Gasteiger partial charge is 0.493 e. The van der Waals surface area contributed by atoms with Gasteiger partial charge in [0.25, 0.3) is 5.91 Å². The smallest absolute Gasteiger partial charge is 0.262 e. The molecule has 1 atom stereocenters. The first-order valence-electron chi connectivity index (χ1n) is 13.2. The Balaban J connectivity index is 1.38. The number of aromatic nitrogens is 2. The van der Waals surface area contributed by atoms with E-state index in [2.05, 4.69) is 22.2 Å². The van der Waals surface area contributed by atoms with Crippen molar-refractivity contribution in [3.8, 4) is 22.2 Å². The number of hydrogen-bond acceptors (Lipinski definition) is 8. The van der Waals surface area contributed by atoms with Gasteiger partial charge in [-0.3, -0.25) is 9.36 Å². The summed E-state index contributed by atoms with van der Waals surface area (Å²) in [4.78, 5) is 19.6. The highest BCUT2D eigenvalue weighted by atomic mass is 35.5. The molecule has 1 amide bonds. The van der Waals surface area contributed by atoms with Crippen molar-refractivity contribution in [1.29, 1.82) is 0 Å². The third-order valence-corrected chi connectivity index (χ3v) is 8.94. The third kappa shape index (κ3) is 5.70. The number of nitrogens with one attached hydrogen (secondary N) is 1. The van der Waals surface area contributed by atoms with Gasteiger partial charge >= 0.3 is 0 Å². The SMILES string of the molecule is COc1cc2ncn(-c3cc(OC(C)c4cccc(NCC5CCN(C)CC5)c4Cl)c(C(N)=O)s3)c2cc1OC. The molecule has 1 aliphatic heterocycles. The van der Waals surface area contributed by atoms with Gasteiger partial charge in [0.15, 0.2) is 11.5 Å². The maximum atomic E-state index is 12.4. The Hall–Kier alpha value is -3.47. The van der Waals surface area contributed by atoms with Crippen molar-refractivity contribution in [2.45, 2.75) is 25.9 Å². The molecular formula is C29H34ClN5O4S. The topological polar surface area (TPSA) is 104 Å². The molecule has 2 aromatic heterocycles. The number of carbonyl (C=O) groups is 1. The Morgan fingerprint density at radius 1 is 1.18 bits per heavy atom. The summed E-state index contributed by atoms with van der Waals surface area (Å²) in [5, 5.41) is 4.87. The average molecular weight is 584 g/mol. The zero-order chi connectivity index (χ0) is 28.4. The second kappa shape index (κ2) is 12.0. The number of piperidine rings is 1. The quantitative estimate of drug-likeness (QED) is 0.245. The number of imidazole rings is 1. The lowest BCUT2D eigenvalue weighted by Gasteiger charge is -2.29. The van der Waals surface area contributed by atoms with Crippen LogP contribution in [0.2, 0.25) is 5.02 Å². The Bertz CT molecular complexity index is 1510. The molecule has 3 heterocycles. The van der Waals surface area contributed by atoms with Gasteiger partial charge in [0, 0.05) is 30.3 Å². The van der Waals surface area contributed by atoms with Gasteiger partial charge in [-0.05, 0) is 51.9 Å². The van der Waals surface area contributed by atoms with Crippen molar-refractivity contribution >= 4 is 45.6 Å². The molecule has 9 nitrogen and oxygen atoms in total. The van der Waals surface area contributed by atoms with E-state index in [1.165, 1.54) is 24.2 Å². The molecule has 0 bridgehead atoms. The van der Waals surface area contributed by atoms with Gasteiger partial charge < -0.3 is 30.2 Å². The second-order valence-electron chi connectivity index (χ2n) is 10.0. The van der Waals surface area contributed by atoms with E-state index in [0.29, 0.717) is 33.1 Å². The van der Waals surface area contributed by atoms with Gasteiger partial charge in [0.05, 0.1) is 36.0 Å². The fourth-order valence-electron chi connectivity index (χ4n) is 5.03. The van der Waals surface area contributed by atoms with Crippen molar-refractivity contribution in [3.05, 3.63) is 58.2 Å². The first kappa shape index (κ1) is 28.1. The number of carbonyl (C=O) groups excluding carboxylic acids is 1. The second-order valence-corrected chi connectivity index (χ2v) is 11.5. The summed E-state index contributed by atoms with van der Waals surface area (Å²) in [6.45, 7) is 5.02. The summed E-state index contributed by atoms with van der Waals surface area (Å²) in [5.41, 5.74) is 8.97. The Morgan fingerprint density at radius 3 is 2.60 bits per heavy atom. The van der Waals surface area contributed by atoms with Gasteiger partial charge in [0.2, 0.25) is 0 Å². The van der Waals surface area contributed by atoms with Gasteiger partial charge in [-0.2, -0.15) is 0 Å². The average Bonchev–Trinajstić information content (AvgIpc) is 3.56. The Morgan fingerprint density at radius 2 is 1.90 bits per heavy atom. The van der Waals surface area contributed by atoms with Crippen molar-refractivity contribution in [2.24, 2.45) is 11.7 Å². The molecule has 0 radical (unpaired) electrons. The number of ether oxygens (including phenoxy) is 3. The van der Waals surface area contributed by atoms with Crippen molar-refractivity contribution in [2.75, 3.05) is 46.2 Å². The first-order chi connectivity index (χ1) is 19.3. The molecular weight excluding hydrogens is 550 g/mol. The molecule has 0 saturated carbocycles. The van der Waals surface area contributed by atoms with Crippen molar-refractivity contribution < 1.29 is 19.0 Å². The molecule has 1 aliphatic rings. The highest BCUT2D eigenvalue weighted by molar-refractivity contribution is 7.16. The maximum Gasteiger partial charge on any atom is 0.262 e. The van der Waals surface area contributed by atoms with Crippen LogP contribution in [-0.2, 0) is 0 Å². The molecule has 11 heteroatoms. The predicted octanol–water partition coefficient (Wildman–Crippen LogP) is 5.75. The lowest BCUT2D eigenvalue weighted by Crippen LogP contribution is -2.33. The molecule has 0 spiro atoms. The number of hydrogen-bond donors (Lipinski definition) is 2.